The van der Waals surface area contributed by atoms with Crippen molar-refractivity contribution in [3.8, 4) is 0 Å². The van der Waals surface area contributed by atoms with Crippen LogP contribution in [0.15, 0.2) is 18.2 Å². The van der Waals surface area contributed by atoms with Gasteiger partial charge < -0.3 is 10.6 Å². The minimum Gasteiger partial charge on any atom is -0.326 e. The van der Waals surface area contributed by atoms with Crippen LogP contribution >= 0.6 is 0 Å². The van der Waals surface area contributed by atoms with Gasteiger partial charge in [-0.2, -0.15) is 0 Å². The molecule has 102 valence electrons. The molecule has 1 aliphatic heterocycles. The number of rotatable bonds is 3. The van der Waals surface area contributed by atoms with Gasteiger partial charge in [0.15, 0.2) is 0 Å². The van der Waals surface area contributed by atoms with Crippen LogP contribution in [0.3, 0.4) is 0 Å². The topological polar surface area (TPSA) is 41.1 Å². The Labute approximate surface area is 114 Å². The predicted molar refractivity (Wildman–Crippen MR) is 77.1 cm³/mol. The molecule has 1 aromatic rings. The molecule has 1 aliphatic carbocycles. The van der Waals surface area contributed by atoms with Gasteiger partial charge in [0, 0.05) is 18.7 Å². The maximum absolute atomic E-state index is 12.1. The molecule has 3 rings (SSSR count). The summed E-state index contributed by atoms with van der Waals surface area (Å²) in [5.74, 6) is 0.806. The lowest BCUT2D eigenvalue weighted by Gasteiger charge is -2.21. The fraction of sp³-hybridized carbons (Fsp3) is 0.562. The van der Waals surface area contributed by atoms with E-state index in [9.17, 15) is 4.79 Å². The SMILES string of the molecule is O=C(CC1CCCC1)Nc1cccc2c1CCNC2. The van der Waals surface area contributed by atoms with Gasteiger partial charge in [0.25, 0.3) is 0 Å². The molecule has 0 bridgehead atoms. The Bertz CT molecular complexity index is 464. The van der Waals surface area contributed by atoms with Gasteiger partial charge in [0.2, 0.25) is 5.91 Å². The van der Waals surface area contributed by atoms with Crippen molar-refractivity contribution in [1.82, 2.24) is 5.32 Å². The number of anilines is 1. The van der Waals surface area contributed by atoms with E-state index in [0.717, 1.165) is 25.2 Å². The van der Waals surface area contributed by atoms with E-state index in [1.807, 2.05) is 12.1 Å². The normalized spacial score (nSPS) is 19.2. The molecule has 0 saturated heterocycles. The van der Waals surface area contributed by atoms with Crippen LogP contribution in [0.4, 0.5) is 5.69 Å². The standard InChI is InChI=1S/C16H22N2O/c19-16(10-12-4-1-2-5-12)18-15-7-3-6-13-11-17-9-8-14(13)15/h3,6-7,12,17H,1-2,4-5,8-11H2,(H,18,19). The molecule has 1 saturated carbocycles. The highest BCUT2D eigenvalue weighted by molar-refractivity contribution is 5.91. The lowest BCUT2D eigenvalue weighted by molar-refractivity contribution is -0.117. The first-order chi connectivity index (χ1) is 9.33. The Morgan fingerprint density at radius 3 is 3.00 bits per heavy atom. The quantitative estimate of drug-likeness (QED) is 0.875. The van der Waals surface area contributed by atoms with Crippen LogP contribution in [0.1, 0.15) is 43.2 Å². The average molecular weight is 258 g/mol. The van der Waals surface area contributed by atoms with Gasteiger partial charge in [-0.3, -0.25) is 4.79 Å². The largest absolute Gasteiger partial charge is 0.326 e. The highest BCUT2D eigenvalue weighted by Crippen LogP contribution is 2.28. The Balaban J connectivity index is 1.67. The Hall–Kier alpha value is -1.35. The molecule has 19 heavy (non-hydrogen) atoms. The molecule has 1 aromatic carbocycles. The lowest BCUT2D eigenvalue weighted by Crippen LogP contribution is -2.25. The number of benzene rings is 1. The van der Waals surface area contributed by atoms with Crippen molar-refractivity contribution in [2.24, 2.45) is 5.92 Å². The monoisotopic (exact) mass is 258 g/mol. The van der Waals surface area contributed by atoms with Gasteiger partial charge in [-0.1, -0.05) is 25.0 Å². The first-order valence-electron chi connectivity index (χ1n) is 7.44. The van der Waals surface area contributed by atoms with Crippen molar-refractivity contribution in [2.75, 3.05) is 11.9 Å². The highest BCUT2D eigenvalue weighted by atomic mass is 16.1. The zero-order valence-corrected chi connectivity index (χ0v) is 11.4. The third-order valence-corrected chi connectivity index (χ3v) is 4.36. The van der Waals surface area contributed by atoms with Crippen molar-refractivity contribution >= 4 is 11.6 Å². The first-order valence-corrected chi connectivity index (χ1v) is 7.44. The van der Waals surface area contributed by atoms with E-state index < -0.39 is 0 Å². The first kappa shape index (κ1) is 12.7. The summed E-state index contributed by atoms with van der Waals surface area (Å²) in [6, 6.07) is 6.22. The molecular formula is C16H22N2O. The molecule has 2 aliphatic rings. The number of fused-ring (bicyclic) bond motifs is 1. The van der Waals surface area contributed by atoms with Gasteiger partial charge in [-0.15, -0.1) is 0 Å². The smallest absolute Gasteiger partial charge is 0.224 e. The highest BCUT2D eigenvalue weighted by Gasteiger charge is 2.19. The minimum atomic E-state index is 0.193. The molecule has 1 fully saturated rings. The fourth-order valence-corrected chi connectivity index (χ4v) is 3.33. The number of hydrogen-bond acceptors (Lipinski definition) is 2. The molecule has 0 atom stereocenters. The van der Waals surface area contributed by atoms with E-state index in [0.29, 0.717) is 12.3 Å². The number of hydrogen-bond donors (Lipinski definition) is 2. The van der Waals surface area contributed by atoms with Crippen LogP contribution in [-0.4, -0.2) is 12.5 Å². The number of amides is 1. The van der Waals surface area contributed by atoms with E-state index in [1.54, 1.807) is 0 Å². The van der Waals surface area contributed by atoms with E-state index >= 15 is 0 Å². The van der Waals surface area contributed by atoms with Crippen LogP contribution in [-0.2, 0) is 17.8 Å². The van der Waals surface area contributed by atoms with Crippen LogP contribution in [0.5, 0.6) is 0 Å². The molecule has 0 aromatic heterocycles. The van der Waals surface area contributed by atoms with Crippen LogP contribution in [0.25, 0.3) is 0 Å². The molecule has 1 heterocycles. The van der Waals surface area contributed by atoms with Crippen LogP contribution < -0.4 is 10.6 Å². The molecule has 1 amide bonds. The van der Waals surface area contributed by atoms with Crippen LogP contribution in [0, 0.1) is 5.92 Å². The summed E-state index contributed by atoms with van der Waals surface area (Å²) in [6.07, 6.45) is 6.75. The summed E-state index contributed by atoms with van der Waals surface area (Å²) in [7, 11) is 0. The van der Waals surface area contributed by atoms with Gasteiger partial charge >= 0.3 is 0 Å². The average Bonchev–Trinajstić information content (AvgIpc) is 2.92. The number of nitrogens with one attached hydrogen (secondary N) is 2. The van der Waals surface area contributed by atoms with Gasteiger partial charge in [0.05, 0.1) is 0 Å². The van der Waals surface area contributed by atoms with Gasteiger partial charge in [0.1, 0.15) is 0 Å². The minimum absolute atomic E-state index is 0.193. The zero-order chi connectivity index (χ0) is 13.1. The second-order valence-electron chi connectivity index (χ2n) is 5.77. The third-order valence-electron chi connectivity index (χ3n) is 4.36. The molecule has 0 spiro atoms. The molecule has 3 nitrogen and oxygen atoms in total. The third kappa shape index (κ3) is 2.98. The molecule has 0 radical (unpaired) electrons. The zero-order valence-electron chi connectivity index (χ0n) is 11.4. The van der Waals surface area contributed by atoms with E-state index in [4.69, 9.17) is 0 Å². The second kappa shape index (κ2) is 5.74. The Morgan fingerprint density at radius 1 is 1.32 bits per heavy atom. The summed E-state index contributed by atoms with van der Waals surface area (Å²) in [5, 5.41) is 6.50. The maximum Gasteiger partial charge on any atom is 0.224 e. The molecular weight excluding hydrogens is 236 g/mol. The summed E-state index contributed by atoms with van der Waals surface area (Å²) >= 11 is 0. The summed E-state index contributed by atoms with van der Waals surface area (Å²) in [5.41, 5.74) is 3.67. The van der Waals surface area contributed by atoms with Crippen molar-refractivity contribution in [3.05, 3.63) is 29.3 Å². The Kier molecular flexibility index (Phi) is 3.83. The molecule has 0 unspecified atom stereocenters. The lowest BCUT2D eigenvalue weighted by atomic mass is 9.98. The van der Waals surface area contributed by atoms with Crippen molar-refractivity contribution in [3.63, 3.8) is 0 Å². The summed E-state index contributed by atoms with van der Waals surface area (Å²) < 4.78 is 0. The maximum atomic E-state index is 12.1. The Morgan fingerprint density at radius 2 is 2.16 bits per heavy atom. The number of carbonyl (C=O) groups excluding carboxylic acids is 1. The predicted octanol–water partition coefficient (Wildman–Crippen LogP) is 2.85. The van der Waals surface area contributed by atoms with E-state index in [-0.39, 0.29) is 5.91 Å². The fourth-order valence-electron chi connectivity index (χ4n) is 3.33. The second-order valence-corrected chi connectivity index (χ2v) is 5.77. The molecule has 2 N–H and O–H groups in total. The van der Waals surface area contributed by atoms with Gasteiger partial charge in [-0.05, 0) is 48.9 Å². The number of carbonyl (C=O) groups is 1. The van der Waals surface area contributed by atoms with Crippen molar-refractivity contribution in [1.29, 1.82) is 0 Å². The van der Waals surface area contributed by atoms with Gasteiger partial charge in [-0.25, -0.2) is 0 Å². The van der Waals surface area contributed by atoms with Crippen molar-refractivity contribution in [2.45, 2.75) is 45.1 Å². The van der Waals surface area contributed by atoms with E-state index in [2.05, 4.69) is 16.7 Å². The van der Waals surface area contributed by atoms with Crippen molar-refractivity contribution < 1.29 is 4.79 Å². The summed E-state index contributed by atoms with van der Waals surface area (Å²) in [4.78, 5) is 12.1. The molecule has 3 heteroatoms. The summed E-state index contributed by atoms with van der Waals surface area (Å²) in [6.45, 7) is 1.92. The van der Waals surface area contributed by atoms with Crippen LogP contribution in [0.2, 0.25) is 0 Å². The van der Waals surface area contributed by atoms with E-state index in [1.165, 1.54) is 36.8 Å².